The van der Waals surface area contributed by atoms with Gasteiger partial charge in [0.05, 0.1) is 7.85 Å². The molecule has 3 heteroatoms. The molecule has 2 radical (unpaired) electrons. The van der Waals surface area contributed by atoms with Gasteiger partial charge in [-0.2, -0.15) is 0 Å². The van der Waals surface area contributed by atoms with E-state index in [-0.39, 0.29) is 11.2 Å². The van der Waals surface area contributed by atoms with Gasteiger partial charge in [-0.05, 0) is 44.4 Å². The Kier molecular flexibility index (Phi) is 6.25. The highest BCUT2D eigenvalue weighted by Gasteiger charge is 2.42. The Labute approximate surface area is 145 Å². The van der Waals surface area contributed by atoms with Crippen molar-refractivity contribution in [2.45, 2.75) is 90.9 Å². The Hall–Kier alpha value is -0.465. The average Bonchev–Trinajstić information content (AvgIpc) is 2.44. The molecule has 0 spiro atoms. The third-order valence-electron chi connectivity index (χ3n) is 6.52. The molecule has 4 atom stereocenters. The molecule has 0 bridgehead atoms. The van der Waals surface area contributed by atoms with Crippen LogP contribution in [-0.2, 0) is 4.79 Å². The summed E-state index contributed by atoms with van der Waals surface area (Å²) in [5.74, 6) is 2.26. The molecule has 1 saturated carbocycles. The predicted molar refractivity (Wildman–Crippen MR) is 98.6 cm³/mol. The number of carbonyl (C=O) groups is 1. The van der Waals surface area contributed by atoms with Crippen molar-refractivity contribution < 1.29 is 4.79 Å². The number of rotatable bonds is 2. The number of hydrogen-bond donors (Lipinski definition) is 0. The first-order valence-electron chi connectivity index (χ1n) is 9.84. The maximum Gasteiger partial charge on any atom is 0.226 e. The molecule has 2 aliphatic rings. The second-order valence-corrected chi connectivity index (χ2v) is 8.97. The third kappa shape index (κ3) is 4.34. The van der Waals surface area contributed by atoms with Crippen molar-refractivity contribution in [1.82, 2.24) is 4.90 Å². The van der Waals surface area contributed by atoms with E-state index in [1.807, 2.05) is 0 Å². The summed E-state index contributed by atoms with van der Waals surface area (Å²) >= 11 is 0. The molecule has 2 nitrogen and oxygen atoms in total. The lowest BCUT2D eigenvalue weighted by Gasteiger charge is -2.46. The van der Waals surface area contributed by atoms with Crippen molar-refractivity contribution in [3.8, 4) is 0 Å². The number of amides is 1. The van der Waals surface area contributed by atoms with Crippen molar-refractivity contribution in [2.75, 3.05) is 6.54 Å². The summed E-state index contributed by atoms with van der Waals surface area (Å²) in [5.41, 5.74) is 0. The topological polar surface area (TPSA) is 20.3 Å². The van der Waals surface area contributed by atoms with Crippen LogP contribution in [0.15, 0.2) is 0 Å². The third-order valence-corrected chi connectivity index (χ3v) is 6.52. The summed E-state index contributed by atoms with van der Waals surface area (Å²) in [4.78, 5) is 15.1. The molecule has 130 valence electrons. The number of carbonyl (C=O) groups excluding carboxylic acids is 1. The molecule has 0 aromatic heterocycles. The van der Waals surface area contributed by atoms with Gasteiger partial charge in [0.2, 0.25) is 5.91 Å². The zero-order valence-electron chi connectivity index (χ0n) is 16.0. The fraction of sp³-hybridized carbons (Fsp3) is 0.950. The van der Waals surface area contributed by atoms with Crippen LogP contribution in [0.25, 0.3) is 0 Å². The summed E-state index contributed by atoms with van der Waals surface area (Å²) in [7, 11) is 6.90. The molecule has 1 aliphatic heterocycles. The van der Waals surface area contributed by atoms with Crippen LogP contribution >= 0.6 is 0 Å². The number of fused-ring (bicyclic) bond motifs is 1. The Morgan fingerprint density at radius 1 is 1.09 bits per heavy atom. The van der Waals surface area contributed by atoms with Gasteiger partial charge in [-0.15, -0.1) is 0 Å². The monoisotopic (exact) mass is 317 g/mol. The largest absolute Gasteiger partial charge is 0.340 e. The minimum absolute atomic E-state index is 0.111. The van der Waals surface area contributed by atoms with E-state index in [4.69, 9.17) is 7.85 Å². The van der Waals surface area contributed by atoms with Crippen LogP contribution in [0.3, 0.4) is 0 Å². The lowest BCUT2D eigenvalue weighted by molar-refractivity contribution is -0.144. The minimum Gasteiger partial charge on any atom is -0.340 e. The van der Waals surface area contributed by atoms with E-state index >= 15 is 0 Å². The van der Waals surface area contributed by atoms with Crippen molar-refractivity contribution >= 4 is 13.8 Å². The Bertz CT molecular complexity index is 408. The van der Waals surface area contributed by atoms with E-state index < -0.39 is 0 Å². The SMILES string of the molecule is [B]C1(C(C)C)CC(C)CCCCC2C(=O)N(C(C)C)CCC2C1. The highest BCUT2D eigenvalue weighted by Crippen LogP contribution is 2.49. The molecule has 2 rings (SSSR count). The predicted octanol–water partition coefficient (Wildman–Crippen LogP) is 4.83. The van der Waals surface area contributed by atoms with Gasteiger partial charge in [0.15, 0.2) is 0 Å². The highest BCUT2D eigenvalue weighted by atomic mass is 16.2. The Morgan fingerprint density at radius 3 is 2.35 bits per heavy atom. The first-order chi connectivity index (χ1) is 10.7. The zero-order chi connectivity index (χ0) is 17.2. The second-order valence-electron chi connectivity index (χ2n) is 8.97. The average molecular weight is 317 g/mol. The van der Waals surface area contributed by atoms with Crippen LogP contribution < -0.4 is 0 Å². The Balaban J connectivity index is 2.22. The smallest absolute Gasteiger partial charge is 0.226 e. The van der Waals surface area contributed by atoms with E-state index in [9.17, 15) is 4.79 Å². The van der Waals surface area contributed by atoms with E-state index in [0.29, 0.717) is 29.7 Å². The van der Waals surface area contributed by atoms with E-state index in [0.717, 1.165) is 32.2 Å². The normalized spacial score (nSPS) is 37.1. The van der Waals surface area contributed by atoms with Crippen LogP contribution in [0.1, 0.15) is 79.6 Å². The molecule has 1 saturated heterocycles. The van der Waals surface area contributed by atoms with Crippen molar-refractivity contribution in [1.29, 1.82) is 0 Å². The van der Waals surface area contributed by atoms with Gasteiger partial charge in [-0.25, -0.2) is 0 Å². The van der Waals surface area contributed by atoms with Gasteiger partial charge < -0.3 is 4.90 Å². The standard InChI is InChI=1S/C20H36BNO/c1-14(2)20(21)12-16(5)8-6-7-9-18-17(13-20)10-11-22(15(3)4)19(18)23/h14-18H,6-13H2,1-5H3. The number of piperidine rings is 1. The molecule has 1 heterocycles. The van der Waals surface area contributed by atoms with Gasteiger partial charge in [0, 0.05) is 18.5 Å². The molecule has 23 heavy (non-hydrogen) atoms. The maximum absolute atomic E-state index is 13.0. The molecule has 0 N–H and O–H groups in total. The summed E-state index contributed by atoms with van der Waals surface area (Å²) in [5, 5.41) is -0.111. The minimum atomic E-state index is -0.111. The maximum atomic E-state index is 13.0. The fourth-order valence-corrected chi connectivity index (χ4v) is 4.80. The zero-order valence-corrected chi connectivity index (χ0v) is 16.0. The lowest BCUT2D eigenvalue weighted by Crippen LogP contribution is -2.49. The van der Waals surface area contributed by atoms with Gasteiger partial charge in [-0.1, -0.05) is 58.2 Å². The quantitative estimate of drug-likeness (QED) is 0.668. The molecular formula is C20H36BNO. The highest BCUT2D eigenvalue weighted by molar-refractivity contribution is 6.15. The first kappa shape index (κ1) is 18.9. The van der Waals surface area contributed by atoms with Crippen LogP contribution in [0.5, 0.6) is 0 Å². The fourth-order valence-electron chi connectivity index (χ4n) is 4.80. The van der Waals surface area contributed by atoms with E-state index in [1.165, 1.54) is 19.3 Å². The van der Waals surface area contributed by atoms with Crippen molar-refractivity contribution in [3.63, 3.8) is 0 Å². The van der Waals surface area contributed by atoms with Gasteiger partial charge in [0.1, 0.15) is 0 Å². The molecular weight excluding hydrogens is 281 g/mol. The Morgan fingerprint density at radius 2 is 1.74 bits per heavy atom. The first-order valence-corrected chi connectivity index (χ1v) is 9.84. The van der Waals surface area contributed by atoms with E-state index in [1.54, 1.807) is 0 Å². The molecule has 0 aromatic rings. The van der Waals surface area contributed by atoms with Crippen LogP contribution in [0.2, 0.25) is 5.31 Å². The summed E-state index contributed by atoms with van der Waals surface area (Å²) in [6, 6.07) is 0.326. The number of nitrogens with zero attached hydrogens (tertiary/aromatic N) is 1. The van der Waals surface area contributed by atoms with Crippen LogP contribution in [0, 0.1) is 23.7 Å². The van der Waals surface area contributed by atoms with Crippen molar-refractivity contribution in [3.05, 3.63) is 0 Å². The van der Waals surface area contributed by atoms with Crippen LogP contribution in [0.4, 0.5) is 0 Å². The van der Waals surface area contributed by atoms with Crippen molar-refractivity contribution in [2.24, 2.45) is 23.7 Å². The van der Waals surface area contributed by atoms with Gasteiger partial charge >= 0.3 is 0 Å². The molecule has 0 aromatic carbocycles. The number of likely N-dealkylation sites (tertiary alicyclic amines) is 1. The number of hydrogen-bond acceptors (Lipinski definition) is 1. The molecule has 4 unspecified atom stereocenters. The lowest BCUT2D eigenvalue weighted by atomic mass is 9.52. The van der Waals surface area contributed by atoms with Gasteiger partial charge in [0.25, 0.3) is 0 Å². The van der Waals surface area contributed by atoms with Crippen LogP contribution in [-0.4, -0.2) is 31.2 Å². The summed E-state index contributed by atoms with van der Waals surface area (Å²) in [6.45, 7) is 12.1. The molecule has 1 amide bonds. The summed E-state index contributed by atoms with van der Waals surface area (Å²) in [6.07, 6.45) is 8.02. The van der Waals surface area contributed by atoms with Gasteiger partial charge in [-0.3, -0.25) is 4.79 Å². The summed E-state index contributed by atoms with van der Waals surface area (Å²) < 4.78 is 0. The second kappa shape index (κ2) is 7.61. The van der Waals surface area contributed by atoms with E-state index in [2.05, 4.69) is 39.5 Å². The molecule has 1 aliphatic carbocycles. The molecule has 2 fully saturated rings.